The molecule has 0 saturated heterocycles. The first kappa shape index (κ1) is 136. The Morgan fingerprint density at radius 2 is 0.490 bits per heavy atom. The Labute approximate surface area is 874 Å². The number of aliphatic carboxylic acids is 8. The molecule has 6 rings (SSSR count). The number of carbonyl (C=O) groups is 16. The van der Waals surface area contributed by atoms with E-state index in [-0.39, 0.29) is 43.6 Å². The van der Waals surface area contributed by atoms with Crippen molar-refractivity contribution in [1.29, 1.82) is 0 Å². The molecule has 0 aliphatic carbocycles. The zero-order valence-electron chi connectivity index (χ0n) is 88.1. The standard InChI is InChI=1S/C17H25NO3.C16H23NO3.C15H21NO3.C14H19NO4.C13H16N2O6.C13H17NO4.C11H21NO4.C10H19NO4/c1-2-3-4-5-9-12-16(19)18-15(17(20)21)13-14-10-7-6-8-11-14;1-2-3-4-8-11-15(18)17-14(16(19)20)12-13-9-6-5-7-10-13;1-2-3-5-10-14(17)16-13(15(18)19)11-12-8-6-4-7-9-12;1-3-4-5-11-6-8-12(9-7-11)19-14(18)15-10(2)13(16)17;16-12(7-4-8-21-15(19)20)14-11(13(17)18)9-10-5-2-1-3-6-10;1-3-4-10-5-7-11(8-6-10)18-13(17)14-9(2)12(15)16;1-3-4-5-6-7-8-16-11(15)12-9(2)10(13)14;1-3-4-5-6-7-15-10(14)11-8(2)9(12)13/h6-8,10-11,15H,2-5,9,12-13H2,1H3,(H,18,19)(H,20,21);5-7,9-10,14H,2-4,8,11-12H2,1H3,(H,17,18)(H,19,20);4,6-9,13H,2-3,5,10-11H2,1H3,(H,16,17)(H,18,19);6-10H,3-5H2,1-2H3,(H,15,18)(H,16,17);1-3,5-6,11H,4,7-9H2,(H,14,16)(H,17,18);5-9H,3-4H2,1-2H3,(H,14,17)(H,15,16);9H,3-8H2,1-2H3,(H,12,15)(H,13,14);8H,3-7H2,1-2H3,(H,11,14)(H,12,13). The van der Waals surface area contributed by atoms with Gasteiger partial charge < -0.3 is 107 Å². The topological polar surface area (TPSA) is 620 Å². The number of amides is 8. The molecule has 8 unspecified atom stereocenters. The molecule has 40 heteroatoms. The number of hydrogen-bond acceptors (Lipinski definition) is 23. The summed E-state index contributed by atoms with van der Waals surface area (Å²) in [6.45, 7) is 20.8. The lowest BCUT2D eigenvalue weighted by Gasteiger charge is -2.14. The van der Waals surface area contributed by atoms with Crippen molar-refractivity contribution >= 4 is 95.8 Å². The summed E-state index contributed by atoms with van der Waals surface area (Å²) in [6.07, 6.45) is 26.6. The van der Waals surface area contributed by atoms with Crippen molar-refractivity contribution in [2.75, 3.05) is 19.8 Å². The number of carbonyl (C=O) groups excluding carboxylic acids is 8. The van der Waals surface area contributed by atoms with Gasteiger partial charge in [0.25, 0.3) is 5.09 Å². The van der Waals surface area contributed by atoms with Gasteiger partial charge in [-0.1, -0.05) is 310 Å². The average molecular weight is 2090 g/mol. The molecule has 6 aromatic rings. The minimum Gasteiger partial charge on any atom is -0.480 e. The van der Waals surface area contributed by atoms with Crippen molar-refractivity contribution in [3.8, 4) is 11.5 Å². The monoisotopic (exact) mass is 2090 g/mol. The van der Waals surface area contributed by atoms with E-state index in [1.807, 2.05) is 121 Å². The summed E-state index contributed by atoms with van der Waals surface area (Å²) < 4.78 is 19.6. The lowest BCUT2D eigenvalue weighted by Crippen LogP contribution is -2.42. The highest BCUT2D eigenvalue weighted by atomic mass is 16.9. The van der Waals surface area contributed by atoms with Gasteiger partial charge in [0.2, 0.25) is 23.6 Å². The summed E-state index contributed by atoms with van der Waals surface area (Å²) in [4.78, 5) is 192. The second-order valence-corrected chi connectivity index (χ2v) is 34.7. The van der Waals surface area contributed by atoms with Crippen LogP contribution in [0.5, 0.6) is 11.5 Å². The van der Waals surface area contributed by atoms with Crippen molar-refractivity contribution in [3.05, 3.63) is 213 Å². The number of alkyl carbamates (subject to hydrolysis) is 2. The number of hydrogen-bond donors (Lipinski definition) is 16. The van der Waals surface area contributed by atoms with Crippen LogP contribution < -0.4 is 52.0 Å². The maximum atomic E-state index is 11.8. The van der Waals surface area contributed by atoms with Crippen LogP contribution in [0.3, 0.4) is 0 Å². The first-order valence-electron chi connectivity index (χ1n) is 51.0. The number of rotatable bonds is 62. The third-order valence-corrected chi connectivity index (χ3v) is 21.3. The molecule has 6 aromatic carbocycles. The molecule has 0 aliphatic heterocycles. The minimum atomic E-state index is -1.13. The van der Waals surface area contributed by atoms with Gasteiger partial charge in [-0.3, -0.25) is 38.4 Å². The fraction of sp³-hybridized carbons (Fsp3) is 0.523. The highest BCUT2D eigenvalue weighted by Crippen LogP contribution is 2.18. The highest BCUT2D eigenvalue weighted by Gasteiger charge is 2.26. The minimum absolute atomic E-state index is 0.0353. The van der Waals surface area contributed by atoms with E-state index in [9.17, 15) is 97.0 Å². The Kier molecular flexibility index (Phi) is 80.0. The van der Waals surface area contributed by atoms with E-state index in [4.69, 9.17) is 49.6 Å². The van der Waals surface area contributed by atoms with Gasteiger partial charge in [-0.25, -0.2) is 38.4 Å². The van der Waals surface area contributed by atoms with Crippen LogP contribution in [0.15, 0.2) is 170 Å². The third-order valence-electron chi connectivity index (χ3n) is 21.3. The van der Waals surface area contributed by atoms with E-state index in [0.717, 1.165) is 164 Å². The molecule has 0 fully saturated rings. The van der Waals surface area contributed by atoms with Crippen LogP contribution in [0.2, 0.25) is 0 Å². The van der Waals surface area contributed by atoms with Crippen LogP contribution in [0.25, 0.3) is 0 Å². The zero-order chi connectivity index (χ0) is 112. The van der Waals surface area contributed by atoms with Crippen LogP contribution in [0.4, 0.5) is 19.2 Å². The molecular formula is C109H161N9O31. The molecule has 8 atom stereocenters. The fourth-order valence-electron chi connectivity index (χ4n) is 12.8. The molecule has 149 heavy (non-hydrogen) atoms. The van der Waals surface area contributed by atoms with Gasteiger partial charge >= 0.3 is 72.1 Å². The van der Waals surface area contributed by atoms with Crippen molar-refractivity contribution in [3.63, 3.8) is 0 Å². The molecule has 0 aliphatic rings. The first-order valence-corrected chi connectivity index (χ1v) is 51.0. The van der Waals surface area contributed by atoms with Gasteiger partial charge in [-0.2, -0.15) is 0 Å². The second-order valence-electron chi connectivity index (χ2n) is 34.7. The van der Waals surface area contributed by atoms with E-state index in [1.54, 1.807) is 48.5 Å². The molecule has 0 aromatic heterocycles. The average Bonchev–Trinajstić information content (AvgIpc) is 0.928. The lowest BCUT2D eigenvalue weighted by atomic mass is 10.1. The van der Waals surface area contributed by atoms with Gasteiger partial charge in [0.05, 0.1) is 19.8 Å². The largest absolute Gasteiger partial charge is 0.480 e. The smallest absolute Gasteiger partial charge is 0.413 e. The van der Waals surface area contributed by atoms with Crippen molar-refractivity contribution in [2.24, 2.45) is 0 Å². The number of unbranched alkanes of at least 4 members (excludes halogenated alkanes) is 17. The Morgan fingerprint density at radius 1 is 0.255 bits per heavy atom. The molecule has 0 saturated carbocycles. The van der Waals surface area contributed by atoms with E-state index in [1.165, 1.54) is 64.5 Å². The molecule has 8 amide bonds. The highest BCUT2D eigenvalue weighted by molar-refractivity contribution is 5.87. The Hall–Kier alpha value is -14.8. The van der Waals surface area contributed by atoms with Gasteiger partial charge in [0.1, 0.15) is 59.8 Å². The second kappa shape index (κ2) is 87.4. The van der Waals surface area contributed by atoms with Crippen molar-refractivity contribution in [2.45, 2.75) is 349 Å². The predicted octanol–water partition coefficient (Wildman–Crippen LogP) is 17.8. The van der Waals surface area contributed by atoms with Crippen LogP contribution in [0, 0.1) is 10.1 Å². The van der Waals surface area contributed by atoms with Crippen LogP contribution in [-0.4, -0.2) is 210 Å². The third kappa shape index (κ3) is 77.4. The number of carboxylic acid groups (broad SMARTS) is 8. The van der Waals surface area contributed by atoms with Crippen LogP contribution >= 0.6 is 0 Å². The zero-order valence-corrected chi connectivity index (χ0v) is 88.1. The van der Waals surface area contributed by atoms with Crippen molar-refractivity contribution < 1.29 is 146 Å². The van der Waals surface area contributed by atoms with Crippen molar-refractivity contribution in [1.82, 2.24) is 42.5 Å². The summed E-state index contributed by atoms with van der Waals surface area (Å²) in [5.74, 6) is -8.67. The van der Waals surface area contributed by atoms with E-state index in [2.05, 4.69) is 95.8 Å². The van der Waals surface area contributed by atoms with Gasteiger partial charge in [-0.15, -0.1) is 10.1 Å². The number of nitrogens with one attached hydrogen (secondary N) is 8. The lowest BCUT2D eigenvalue weighted by molar-refractivity contribution is -0.757. The summed E-state index contributed by atoms with van der Waals surface area (Å²) in [6, 6.07) is 43.9. The molecule has 828 valence electrons. The Balaban J connectivity index is 0. The maximum Gasteiger partial charge on any atom is 0.413 e. The molecule has 0 radical (unpaired) electrons. The Morgan fingerprint density at radius 3 is 0.752 bits per heavy atom. The van der Waals surface area contributed by atoms with Crippen LogP contribution in [-0.2, 0) is 110 Å². The number of benzene rings is 6. The number of nitrogens with zero attached hydrogens (tertiary/aromatic N) is 1. The number of ether oxygens (including phenoxy) is 4. The molecule has 0 spiro atoms. The molecule has 16 N–H and O–H groups in total. The molecular weight excluding hydrogens is 1930 g/mol. The van der Waals surface area contributed by atoms with E-state index >= 15 is 0 Å². The summed E-state index contributed by atoms with van der Waals surface area (Å²) in [7, 11) is 0. The quantitative estimate of drug-likeness (QED) is 0.00958. The SMILES string of the molecule is CCCCCC(=O)NC(Cc1ccccc1)C(=O)O.CCCCCCC(=O)NC(Cc1ccccc1)C(=O)O.CCCCCCCC(=O)NC(Cc1ccccc1)C(=O)O.CCCCCCCOC(=O)NC(C)C(=O)O.CCCCCCOC(=O)NC(C)C(=O)O.CCCCc1ccc(OC(=O)NC(C)C(=O)O)cc1.CCCc1ccc(OC(=O)NC(C)C(=O)O)cc1.O=C(CCCO[N+](=O)[O-])NC(Cc1ccccc1)C(=O)O. The molecule has 40 nitrogen and oxygen atoms in total. The summed E-state index contributed by atoms with van der Waals surface area (Å²) in [5.41, 5.74) is 5.88. The summed E-state index contributed by atoms with van der Waals surface area (Å²) in [5, 5.41) is 99.0. The van der Waals surface area contributed by atoms with Gasteiger partial charge in [-0.05, 0) is 143 Å². The van der Waals surface area contributed by atoms with Crippen LogP contribution in [0.1, 0.15) is 296 Å². The van der Waals surface area contributed by atoms with Gasteiger partial charge in [0, 0.05) is 51.4 Å². The first-order chi connectivity index (χ1) is 71.1. The molecule has 0 bridgehead atoms. The number of aryl methyl sites for hydroxylation is 2. The maximum absolute atomic E-state index is 11.8. The Bertz CT molecular complexity index is 4760. The van der Waals surface area contributed by atoms with Gasteiger partial charge in [0.15, 0.2) is 0 Å². The number of carboxylic acids is 8. The van der Waals surface area contributed by atoms with E-state index in [0.29, 0.717) is 63.2 Å². The summed E-state index contributed by atoms with van der Waals surface area (Å²) >= 11 is 0. The fourth-order valence-corrected chi connectivity index (χ4v) is 12.8. The normalized spacial score (nSPS) is 11.8. The molecule has 0 heterocycles. The van der Waals surface area contributed by atoms with E-state index < -0.39 is 131 Å². The predicted molar refractivity (Wildman–Crippen MR) is 561 cm³/mol.